The Morgan fingerprint density at radius 2 is 2.06 bits per heavy atom. The Balaban J connectivity index is 2.26. The molecule has 0 fully saturated rings. The van der Waals surface area contributed by atoms with E-state index in [-0.39, 0.29) is 0 Å². The third-order valence-corrected chi connectivity index (χ3v) is 2.57. The SMILES string of the molecule is CCc1cc(Oc2cncc(Br)c2)nc(C)n1. The van der Waals surface area contributed by atoms with Gasteiger partial charge in [0.1, 0.15) is 11.6 Å². The standard InChI is InChI=1S/C12H12BrN3O/c1-3-10-5-12(16-8(2)15-10)17-11-4-9(13)6-14-7-11/h4-7H,3H2,1-2H3. The number of ether oxygens (including phenoxy) is 1. The van der Waals surface area contributed by atoms with Crippen LogP contribution in [0, 0.1) is 6.92 Å². The van der Waals surface area contributed by atoms with Gasteiger partial charge in [-0.1, -0.05) is 6.92 Å². The van der Waals surface area contributed by atoms with Crippen molar-refractivity contribution in [2.75, 3.05) is 0 Å². The number of aryl methyl sites for hydroxylation is 2. The third kappa shape index (κ3) is 3.23. The molecule has 0 bridgehead atoms. The van der Waals surface area contributed by atoms with Gasteiger partial charge in [-0.3, -0.25) is 4.98 Å². The van der Waals surface area contributed by atoms with E-state index in [9.17, 15) is 0 Å². The Kier molecular flexibility index (Phi) is 3.68. The quantitative estimate of drug-likeness (QED) is 0.871. The molecule has 0 unspecified atom stereocenters. The maximum absolute atomic E-state index is 5.64. The summed E-state index contributed by atoms with van der Waals surface area (Å²) in [6.07, 6.45) is 4.21. The number of pyridine rings is 1. The van der Waals surface area contributed by atoms with Crippen LogP contribution in [-0.2, 0) is 6.42 Å². The monoisotopic (exact) mass is 293 g/mol. The van der Waals surface area contributed by atoms with Gasteiger partial charge in [0.15, 0.2) is 0 Å². The highest BCUT2D eigenvalue weighted by molar-refractivity contribution is 9.10. The van der Waals surface area contributed by atoms with Gasteiger partial charge in [0.25, 0.3) is 0 Å². The predicted octanol–water partition coefficient (Wildman–Crippen LogP) is 3.30. The molecule has 0 spiro atoms. The summed E-state index contributed by atoms with van der Waals surface area (Å²) in [7, 11) is 0. The summed E-state index contributed by atoms with van der Waals surface area (Å²) in [5.74, 6) is 1.91. The molecule has 0 amide bonds. The van der Waals surface area contributed by atoms with Crippen molar-refractivity contribution < 1.29 is 4.74 Å². The summed E-state index contributed by atoms with van der Waals surface area (Å²) in [5.41, 5.74) is 0.968. The molecule has 2 aromatic rings. The number of hydrogen-bond donors (Lipinski definition) is 0. The Morgan fingerprint density at radius 1 is 1.24 bits per heavy atom. The van der Waals surface area contributed by atoms with Crippen LogP contribution in [0.1, 0.15) is 18.4 Å². The molecule has 2 aromatic heterocycles. The first kappa shape index (κ1) is 12.0. The molecule has 0 radical (unpaired) electrons. The van der Waals surface area contributed by atoms with Crippen LogP contribution in [0.3, 0.4) is 0 Å². The molecule has 0 aromatic carbocycles. The fraction of sp³-hybridized carbons (Fsp3) is 0.250. The van der Waals surface area contributed by atoms with Gasteiger partial charge < -0.3 is 4.74 Å². The maximum Gasteiger partial charge on any atom is 0.222 e. The van der Waals surface area contributed by atoms with Gasteiger partial charge in [-0.2, -0.15) is 4.98 Å². The van der Waals surface area contributed by atoms with Crippen LogP contribution in [0.5, 0.6) is 11.6 Å². The molecular formula is C12H12BrN3O. The molecule has 5 heteroatoms. The van der Waals surface area contributed by atoms with Crippen molar-refractivity contribution in [3.05, 3.63) is 40.5 Å². The molecule has 0 saturated heterocycles. The Hall–Kier alpha value is -1.49. The van der Waals surface area contributed by atoms with Crippen molar-refractivity contribution in [3.63, 3.8) is 0 Å². The van der Waals surface area contributed by atoms with Gasteiger partial charge in [0.05, 0.1) is 6.20 Å². The minimum atomic E-state index is 0.550. The first-order valence-electron chi connectivity index (χ1n) is 5.30. The molecule has 2 rings (SSSR count). The lowest BCUT2D eigenvalue weighted by molar-refractivity contribution is 0.456. The molecule has 88 valence electrons. The fourth-order valence-corrected chi connectivity index (χ4v) is 1.75. The highest BCUT2D eigenvalue weighted by atomic mass is 79.9. The second-order valence-corrected chi connectivity index (χ2v) is 4.45. The van der Waals surface area contributed by atoms with E-state index >= 15 is 0 Å². The number of hydrogen-bond acceptors (Lipinski definition) is 4. The lowest BCUT2D eigenvalue weighted by Crippen LogP contribution is -1.97. The van der Waals surface area contributed by atoms with E-state index < -0.39 is 0 Å². The van der Waals surface area contributed by atoms with Crippen molar-refractivity contribution >= 4 is 15.9 Å². The lowest BCUT2D eigenvalue weighted by atomic mass is 10.3. The van der Waals surface area contributed by atoms with E-state index in [0.717, 1.165) is 16.6 Å². The average molecular weight is 294 g/mol. The third-order valence-electron chi connectivity index (χ3n) is 2.13. The first-order chi connectivity index (χ1) is 8.17. The predicted molar refractivity (Wildman–Crippen MR) is 68.2 cm³/mol. The molecule has 0 aliphatic rings. The Morgan fingerprint density at radius 3 is 2.76 bits per heavy atom. The van der Waals surface area contributed by atoms with Gasteiger partial charge in [-0.25, -0.2) is 4.98 Å². The molecule has 0 aliphatic carbocycles. The highest BCUT2D eigenvalue weighted by Gasteiger charge is 2.03. The van der Waals surface area contributed by atoms with Gasteiger partial charge in [-0.15, -0.1) is 0 Å². The van der Waals surface area contributed by atoms with Gasteiger partial charge in [0, 0.05) is 22.4 Å². The van der Waals surface area contributed by atoms with E-state index in [1.54, 1.807) is 12.4 Å². The van der Waals surface area contributed by atoms with Crippen LogP contribution < -0.4 is 4.74 Å². The van der Waals surface area contributed by atoms with Crippen molar-refractivity contribution in [1.82, 2.24) is 15.0 Å². The average Bonchev–Trinajstić information content (AvgIpc) is 2.28. The van der Waals surface area contributed by atoms with E-state index in [0.29, 0.717) is 17.5 Å². The van der Waals surface area contributed by atoms with Crippen molar-refractivity contribution in [3.8, 4) is 11.6 Å². The maximum atomic E-state index is 5.64. The Labute approximate surface area is 108 Å². The second-order valence-electron chi connectivity index (χ2n) is 3.54. The zero-order valence-electron chi connectivity index (χ0n) is 9.64. The minimum Gasteiger partial charge on any atom is -0.437 e. The number of nitrogens with zero attached hydrogens (tertiary/aromatic N) is 3. The van der Waals surface area contributed by atoms with Gasteiger partial charge in [0.2, 0.25) is 5.88 Å². The molecule has 4 nitrogen and oxygen atoms in total. The largest absolute Gasteiger partial charge is 0.437 e. The van der Waals surface area contributed by atoms with Crippen LogP contribution in [0.4, 0.5) is 0 Å². The van der Waals surface area contributed by atoms with Crippen LogP contribution in [0.25, 0.3) is 0 Å². The molecule has 0 atom stereocenters. The Bertz CT molecular complexity index is 531. The number of halogens is 1. The molecule has 0 saturated carbocycles. The summed E-state index contributed by atoms with van der Waals surface area (Å²) in [6, 6.07) is 3.68. The topological polar surface area (TPSA) is 47.9 Å². The summed E-state index contributed by atoms with van der Waals surface area (Å²) in [6.45, 7) is 3.90. The number of rotatable bonds is 3. The van der Waals surface area contributed by atoms with Crippen molar-refractivity contribution in [2.45, 2.75) is 20.3 Å². The smallest absolute Gasteiger partial charge is 0.222 e. The summed E-state index contributed by atoms with van der Waals surface area (Å²) in [4.78, 5) is 12.6. The zero-order chi connectivity index (χ0) is 12.3. The first-order valence-corrected chi connectivity index (χ1v) is 6.09. The summed E-state index contributed by atoms with van der Waals surface area (Å²) < 4.78 is 6.51. The van der Waals surface area contributed by atoms with Crippen LogP contribution >= 0.6 is 15.9 Å². The van der Waals surface area contributed by atoms with Crippen molar-refractivity contribution in [1.29, 1.82) is 0 Å². The summed E-state index contributed by atoms with van der Waals surface area (Å²) in [5, 5.41) is 0. The summed E-state index contributed by atoms with van der Waals surface area (Å²) >= 11 is 3.34. The van der Waals surface area contributed by atoms with Crippen LogP contribution in [0.15, 0.2) is 29.0 Å². The van der Waals surface area contributed by atoms with Crippen molar-refractivity contribution in [2.24, 2.45) is 0 Å². The molecule has 2 heterocycles. The fourth-order valence-electron chi connectivity index (χ4n) is 1.40. The van der Waals surface area contributed by atoms with Crippen LogP contribution in [0.2, 0.25) is 0 Å². The molecule has 17 heavy (non-hydrogen) atoms. The number of aromatic nitrogens is 3. The van der Waals surface area contributed by atoms with Gasteiger partial charge >= 0.3 is 0 Å². The minimum absolute atomic E-state index is 0.550. The van der Waals surface area contributed by atoms with E-state index in [1.165, 1.54) is 0 Å². The van der Waals surface area contributed by atoms with Gasteiger partial charge in [-0.05, 0) is 35.3 Å². The normalized spacial score (nSPS) is 10.3. The van der Waals surface area contributed by atoms with E-state index in [1.807, 2.05) is 26.0 Å². The van der Waals surface area contributed by atoms with E-state index in [4.69, 9.17) is 4.74 Å². The molecule has 0 N–H and O–H groups in total. The second kappa shape index (κ2) is 5.23. The van der Waals surface area contributed by atoms with E-state index in [2.05, 4.69) is 30.9 Å². The lowest BCUT2D eigenvalue weighted by Gasteiger charge is -2.06. The zero-order valence-corrected chi connectivity index (χ0v) is 11.2. The highest BCUT2D eigenvalue weighted by Crippen LogP contribution is 2.22. The molecular weight excluding hydrogens is 282 g/mol. The molecule has 0 aliphatic heterocycles. The van der Waals surface area contributed by atoms with Crippen LogP contribution in [-0.4, -0.2) is 15.0 Å².